The highest BCUT2D eigenvalue weighted by Gasteiger charge is 2.49. The van der Waals surface area contributed by atoms with Crippen LogP contribution in [0.3, 0.4) is 0 Å². The molecule has 0 radical (unpaired) electrons. The fourth-order valence-electron chi connectivity index (χ4n) is 4.97. The average molecular weight is 520 g/mol. The van der Waals surface area contributed by atoms with Crippen LogP contribution in [0.25, 0.3) is 0 Å². The summed E-state index contributed by atoms with van der Waals surface area (Å²) in [6, 6.07) is 3.71. The van der Waals surface area contributed by atoms with E-state index in [0.717, 1.165) is 38.0 Å². The number of nitrogens with one attached hydrogen (secondary N) is 1. The average Bonchev–Trinajstić information content (AvgIpc) is 3.47. The zero-order chi connectivity index (χ0) is 25.7. The van der Waals surface area contributed by atoms with Crippen molar-refractivity contribution in [3.05, 3.63) is 35.9 Å². The molecular weight excluding hydrogens is 489 g/mol. The lowest BCUT2D eigenvalue weighted by atomic mass is 10.00. The molecule has 3 aliphatic rings. The molecule has 3 fully saturated rings. The largest absolute Gasteiger partial charge is 0.474 e. The van der Waals surface area contributed by atoms with Gasteiger partial charge in [0.05, 0.1) is 16.1 Å². The van der Waals surface area contributed by atoms with Crippen LogP contribution >= 0.6 is 0 Å². The zero-order valence-electron chi connectivity index (χ0n) is 20.2. The minimum atomic E-state index is -3.54. The molecule has 10 nitrogen and oxygen atoms in total. The Morgan fingerprint density at radius 1 is 1.25 bits per heavy atom. The molecule has 12 heteroatoms. The fraction of sp³-hybridized carbons (Fsp3) is 0.542. The van der Waals surface area contributed by atoms with E-state index in [2.05, 4.69) is 15.3 Å². The second-order valence-corrected chi connectivity index (χ2v) is 12.1. The number of ether oxygens (including phenoxy) is 2. The van der Waals surface area contributed by atoms with Crippen molar-refractivity contribution >= 4 is 27.4 Å². The number of nitrogens with zero attached hydrogens (tertiary/aromatic N) is 3. The van der Waals surface area contributed by atoms with Gasteiger partial charge in [0.15, 0.2) is 9.84 Å². The SMILES string of the molecule is CC1(OC(=O)N2C3CCC2CC(Oc2ncnc(Nc4ccc(S(C)(=O)=O)cc4F)c2CN)C3)CC1. The molecule has 2 unspecified atom stereocenters. The van der Waals surface area contributed by atoms with Crippen molar-refractivity contribution in [1.29, 1.82) is 0 Å². The highest BCUT2D eigenvalue weighted by molar-refractivity contribution is 7.90. The number of anilines is 2. The van der Waals surface area contributed by atoms with E-state index in [1.54, 1.807) is 0 Å². The topological polar surface area (TPSA) is 137 Å². The van der Waals surface area contributed by atoms with Crippen molar-refractivity contribution < 1.29 is 27.1 Å². The number of piperidine rings is 1. The zero-order valence-corrected chi connectivity index (χ0v) is 21.1. The van der Waals surface area contributed by atoms with Gasteiger partial charge >= 0.3 is 6.09 Å². The van der Waals surface area contributed by atoms with Crippen LogP contribution in [-0.2, 0) is 21.1 Å². The lowest BCUT2D eigenvalue weighted by molar-refractivity contribution is 0.0114. The normalized spacial score (nSPS) is 24.3. The molecule has 2 aliphatic heterocycles. The molecule has 1 aromatic carbocycles. The van der Waals surface area contributed by atoms with Crippen molar-refractivity contribution in [2.45, 2.75) is 80.7 Å². The van der Waals surface area contributed by atoms with Crippen molar-refractivity contribution in [2.75, 3.05) is 11.6 Å². The monoisotopic (exact) mass is 519 g/mol. The molecule has 36 heavy (non-hydrogen) atoms. The molecule has 3 heterocycles. The minimum Gasteiger partial charge on any atom is -0.474 e. The van der Waals surface area contributed by atoms with Crippen LogP contribution in [0.5, 0.6) is 5.88 Å². The third kappa shape index (κ3) is 4.96. The Morgan fingerprint density at radius 2 is 1.94 bits per heavy atom. The number of aromatic nitrogens is 2. The molecule has 2 aromatic rings. The van der Waals surface area contributed by atoms with Gasteiger partial charge in [-0.15, -0.1) is 0 Å². The summed E-state index contributed by atoms with van der Waals surface area (Å²) in [6.45, 7) is 2.00. The predicted octanol–water partition coefficient (Wildman–Crippen LogP) is 3.28. The first-order chi connectivity index (χ1) is 17.1. The Kier molecular flexibility index (Phi) is 6.27. The number of carbonyl (C=O) groups is 1. The van der Waals surface area contributed by atoms with E-state index >= 15 is 0 Å². The first-order valence-electron chi connectivity index (χ1n) is 12.0. The molecule has 2 atom stereocenters. The second-order valence-electron chi connectivity index (χ2n) is 10.1. The maximum Gasteiger partial charge on any atom is 0.410 e. The van der Waals surface area contributed by atoms with E-state index in [1.165, 1.54) is 18.5 Å². The molecule has 194 valence electrons. The Morgan fingerprint density at radius 3 is 2.53 bits per heavy atom. The smallest absolute Gasteiger partial charge is 0.410 e. The quantitative estimate of drug-likeness (QED) is 0.564. The molecule has 1 aliphatic carbocycles. The fourth-order valence-corrected chi connectivity index (χ4v) is 5.60. The highest BCUT2D eigenvalue weighted by atomic mass is 32.2. The van der Waals surface area contributed by atoms with Gasteiger partial charge < -0.3 is 25.4 Å². The van der Waals surface area contributed by atoms with Gasteiger partial charge in [-0.1, -0.05) is 0 Å². The molecule has 0 spiro atoms. The third-order valence-electron chi connectivity index (χ3n) is 7.20. The number of rotatable bonds is 7. The molecule has 2 bridgehead atoms. The molecule has 2 saturated heterocycles. The van der Waals surface area contributed by atoms with Crippen molar-refractivity contribution in [3.63, 3.8) is 0 Å². The third-order valence-corrected chi connectivity index (χ3v) is 8.31. The van der Waals surface area contributed by atoms with E-state index in [1.807, 2.05) is 11.8 Å². The number of carbonyl (C=O) groups excluding carboxylic acids is 1. The van der Waals surface area contributed by atoms with Crippen LogP contribution in [0, 0.1) is 5.82 Å². The van der Waals surface area contributed by atoms with E-state index in [0.29, 0.717) is 24.3 Å². The molecule has 3 N–H and O–H groups in total. The van der Waals surface area contributed by atoms with Crippen molar-refractivity contribution in [2.24, 2.45) is 5.73 Å². The van der Waals surface area contributed by atoms with Gasteiger partial charge in [-0.05, 0) is 50.8 Å². The van der Waals surface area contributed by atoms with Crippen LogP contribution in [0.2, 0.25) is 0 Å². The summed E-state index contributed by atoms with van der Waals surface area (Å²) in [4.78, 5) is 23.0. The maximum atomic E-state index is 14.6. The molecular formula is C24H30FN5O5S. The van der Waals surface area contributed by atoms with Crippen LogP contribution in [0.4, 0.5) is 20.7 Å². The number of halogens is 1. The molecule has 1 saturated carbocycles. The number of nitrogens with two attached hydrogens (primary N) is 1. The van der Waals surface area contributed by atoms with Gasteiger partial charge in [-0.25, -0.2) is 27.6 Å². The second kappa shape index (κ2) is 9.15. The van der Waals surface area contributed by atoms with Crippen LogP contribution in [-0.4, -0.2) is 59.4 Å². The number of sulfone groups is 1. The van der Waals surface area contributed by atoms with Gasteiger partial charge in [0, 0.05) is 37.7 Å². The van der Waals surface area contributed by atoms with Gasteiger partial charge in [0.1, 0.15) is 29.7 Å². The van der Waals surface area contributed by atoms with Crippen molar-refractivity contribution in [1.82, 2.24) is 14.9 Å². The van der Waals surface area contributed by atoms with Gasteiger partial charge in [0.25, 0.3) is 0 Å². The van der Waals surface area contributed by atoms with Gasteiger partial charge in [0.2, 0.25) is 5.88 Å². The number of hydrogen-bond donors (Lipinski definition) is 2. The summed E-state index contributed by atoms with van der Waals surface area (Å²) in [7, 11) is -3.54. The van der Waals surface area contributed by atoms with Gasteiger partial charge in [-0.3, -0.25) is 0 Å². The first-order valence-corrected chi connectivity index (χ1v) is 13.9. The number of hydrogen-bond acceptors (Lipinski definition) is 9. The van der Waals surface area contributed by atoms with E-state index in [-0.39, 0.29) is 52.8 Å². The standard InChI is InChI=1S/C24H30FN5O5S/c1-24(7-8-24)35-23(31)30-14-3-4-15(30)10-16(9-14)34-22-18(12-26)21(27-13-28-22)29-20-6-5-17(11-19(20)25)36(2,32)33/h5-6,11,13-16H,3-4,7-10,12,26H2,1-2H3,(H,27,28,29). The van der Waals surface area contributed by atoms with Gasteiger partial charge in [-0.2, -0.15) is 0 Å². The first kappa shape index (κ1) is 24.7. The lowest BCUT2D eigenvalue weighted by Crippen LogP contribution is -2.50. The molecule has 5 rings (SSSR count). The Labute approximate surface area is 209 Å². The van der Waals surface area contributed by atoms with Crippen LogP contribution in [0.1, 0.15) is 51.0 Å². The van der Waals surface area contributed by atoms with Crippen molar-refractivity contribution in [3.8, 4) is 5.88 Å². The number of amides is 1. The van der Waals surface area contributed by atoms with E-state index in [4.69, 9.17) is 15.2 Å². The molecule has 1 aromatic heterocycles. The number of benzene rings is 1. The summed E-state index contributed by atoms with van der Waals surface area (Å²) >= 11 is 0. The van der Waals surface area contributed by atoms with E-state index < -0.39 is 15.7 Å². The predicted molar refractivity (Wildman–Crippen MR) is 129 cm³/mol. The van der Waals surface area contributed by atoms with Crippen LogP contribution < -0.4 is 15.8 Å². The maximum absolute atomic E-state index is 14.6. The summed E-state index contributed by atoms with van der Waals surface area (Å²) < 4.78 is 49.9. The Hall–Kier alpha value is -2.99. The summed E-state index contributed by atoms with van der Waals surface area (Å²) in [6.07, 6.45) is 6.85. The number of fused-ring (bicyclic) bond motifs is 2. The minimum absolute atomic E-state index is 0.0398. The van der Waals surface area contributed by atoms with E-state index in [9.17, 15) is 17.6 Å². The summed E-state index contributed by atoms with van der Waals surface area (Å²) in [5.41, 5.74) is 6.19. The van der Waals surface area contributed by atoms with Crippen LogP contribution in [0.15, 0.2) is 29.4 Å². The summed E-state index contributed by atoms with van der Waals surface area (Å²) in [5, 5.41) is 2.88. The molecule has 1 amide bonds. The lowest BCUT2D eigenvalue weighted by Gasteiger charge is -2.38. The highest BCUT2D eigenvalue weighted by Crippen LogP contribution is 2.43. The Bertz CT molecular complexity index is 1270. The Balaban J connectivity index is 1.30. The summed E-state index contributed by atoms with van der Waals surface area (Å²) in [5.74, 6) is -0.165.